The molecule has 1 rings (SSSR count). The lowest BCUT2D eigenvalue weighted by Crippen LogP contribution is -2.23. The van der Waals surface area contributed by atoms with E-state index < -0.39 is 0 Å². The van der Waals surface area contributed by atoms with Gasteiger partial charge in [-0.1, -0.05) is 30.3 Å². The highest BCUT2D eigenvalue weighted by atomic mass is 16.5. The number of rotatable bonds is 3. The van der Waals surface area contributed by atoms with Crippen LogP contribution in [0.2, 0.25) is 0 Å². The van der Waals surface area contributed by atoms with Gasteiger partial charge in [0, 0.05) is 5.56 Å². The molecule has 14 heavy (non-hydrogen) atoms. The summed E-state index contributed by atoms with van der Waals surface area (Å²) in [5, 5.41) is 8.89. The fourth-order valence-electron chi connectivity index (χ4n) is 0.999. The van der Waals surface area contributed by atoms with E-state index >= 15 is 0 Å². The van der Waals surface area contributed by atoms with Gasteiger partial charge in [-0.15, -0.1) is 0 Å². The number of amidine groups is 1. The SMILES string of the molecule is CN(C)CN=C(NO)c1ccccc1. The molecule has 0 heterocycles. The summed E-state index contributed by atoms with van der Waals surface area (Å²) in [6, 6.07) is 9.50. The lowest BCUT2D eigenvalue weighted by molar-refractivity contribution is 0.234. The van der Waals surface area contributed by atoms with E-state index in [9.17, 15) is 0 Å². The largest absolute Gasteiger partial charge is 0.291 e. The zero-order valence-corrected chi connectivity index (χ0v) is 8.44. The van der Waals surface area contributed by atoms with Crippen molar-refractivity contribution in [1.82, 2.24) is 10.4 Å². The second-order valence-corrected chi connectivity index (χ2v) is 3.21. The van der Waals surface area contributed by atoms with Crippen molar-refractivity contribution in [3.05, 3.63) is 35.9 Å². The molecule has 0 aromatic heterocycles. The molecule has 0 bridgehead atoms. The summed E-state index contributed by atoms with van der Waals surface area (Å²) in [6.07, 6.45) is 0. The van der Waals surface area contributed by atoms with Crippen molar-refractivity contribution >= 4 is 5.84 Å². The zero-order valence-electron chi connectivity index (χ0n) is 8.44. The number of benzene rings is 1. The molecule has 2 N–H and O–H groups in total. The van der Waals surface area contributed by atoms with Gasteiger partial charge >= 0.3 is 0 Å². The number of nitrogens with zero attached hydrogens (tertiary/aromatic N) is 2. The van der Waals surface area contributed by atoms with E-state index in [0.29, 0.717) is 12.5 Å². The van der Waals surface area contributed by atoms with E-state index in [0.717, 1.165) is 5.56 Å². The maximum absolute atomic E-state index is 8.89. The Morgan fingerprint density at radius 1 is 1.36 bits per heavy atom. The summed E-state index contributed by atoms with van der Waals surface area (Å²) in [6.45, 7) is 0.539. The second kappa shape index (κ2) is 5.36. The van der Waals surface area contributed by atoms with Gasteiger partial charge in [0.05, 0.1) is 6.67 Å². The van der Waals surface area contributed by atoms with E-state index in [1.165, 1.54) is 0 Å². The molecule has 4 nitrogen and oxygen atoms in total. The molecule has 0 saturated carbocycles. The highest BCUT2D eigenvalue weighted by molar-refractivity contribution is 5.97. The summed E-state index contributed by atoms with van der Waals surface area (Å²) in [5.74, 6) is 0.485. The van der Waals surface area contributed by atoms with Crippen molar-refractivity contribution in [2.45, 2.75) is 0 Å². The van der Waals surface area contributed by atoms with Crippen LogP contribution in [0.4, 0.5) is 0 Å². The van der Waals surface area contributed by atoms with Gasteiger partial charge in [0.1, 0.15) is 0 Å². The van der Waals surface area contributed by atoms with E-state index in [4.69, 9.17) is 5.21 Å². The van der Waals surface area contributed by atoms with Crippen LogP contribution < -0.4 is 5.48 Å². The first-order chi connectivity index (χ1) is 6.74. The normalized spacial score (nSPS) is 11.9. The molecule has 1 aromatic carbocycles. The summed E-state index contributed by atoms with van der Waals surface area (Å²) in [7, 11) is 3.84. The third kappa shape index (κ3) is 3.16. The van der Waals surface area contributed by atoms with Crippen LogP contribution in [0.3, 0.4) is 0 Å². The smallest absolute Gasteiger partial charge is 0.153 e. The Kier molecular flexibility index (Phi) is 4.10. The maximum Gasteiger partial charge on any atom is 0.153 e. The van der Waals surface area contributed by atoms with Crippen LogP contribution in [0.25, 0.3) is 0 Å². The van der Waals surface area contributed by atoms with Gasteiger partial charge in [0.25, 0.3) is 0 Å². The summed E-state index contributed by atoms with van der Waals surface area (Å²) < 4.78 is 0. The third-order valence-electron chi connectivity index (χ3n) is 1.66. The van der Waals surface area contributed by atoms with Crippen LogP contribution in [0, 0.1) is 0 Å². The highest BCUT2D eigenvalue weighted by Crippen LogP contribution is 1.98. The molecule has 0 aliphatic rings. The van der Waals surface area contributed by atoms with Crippen LogP contribution in [0.15, 0.2) is 35.3 Å². The van der Waals surface area contributed by atoms with Gasteiger partial charge in [-0.05, 0) is 14.1 Å². The van der Waals surface area contributed by atoms with Gasteiger partial charge in [-0.3, -0.25) is 20.6 Å². The van der Waals surface area contributed by atoms with E-state index in [2.05, 4.69) is 10.5 Å². The number of hydroxylamine groups is 1. The minimum atomic E-state index is 0.485. The van der Waals surface area contributed by atoms with Crippen LogP contribution in [0.1, 0.15) is 5.56 Å². The van der Waals surface area contributed by atoms with Gasteiger partial charge in [0.2, 0.25) is 0 Å². The lowest BCUT2D eigenvalue weighted by atomic mass is 10.2. The standard InChI is InChI=1S/C10H15N3O/c1-13(2)8-11-10(12-14)9-6-4-3-5-7-9/h3-7,14H,8H2,1-2H3,(H,11,12). The molecular weight excluding hydrogens is 178 g/mol. The van der Waals surface area contributed by atoms with Gasteiger partial charge in [-0.25, -0.2) is 0 Å². The molecule has 0 saturated heterocycles. The van der Waals surface area contributed by atoms with E-state index in [-0.39, 0.29) is 0 Å². The highest BCUT2D eigenvalue weighted by Gasteiger charge is 1.99. The van der Waals surface area contributed by atoms with Crippen molar-refractivity contribution < 1.29 is 5.21 Å². The molecule has 0 unspecified atom stereocenters. The lowest BCUT2D eigenvalue weighted by Gasteiger charge is -2.08. The monoisotopic (exact) mass is 193 g/mol. The minimum Gasteiger partial charge on any atom is -0.291 e. The Balaban J connectivity index is 2.77. The number of hydrogen-bond donors (Lipinski definition) is 2. The third-order valence-corrected chi connectivity index (χ3v) is 1.66. The first-order valence-electron chi connectivity index (χ1n) is 4.38. The van der Waals surface area contributed by atoms with Crippen LogP contribution in [0.5, 0.6) is 0 Å². The van der Waals surface area contributed by atoms with Crippen molar-refractivity contribution in [3.8, 4) is 0 Å². The molecule has 0 aliphatic carbocycles. The molecular formula is C10H15N3O. The van der Waals surface area contributed by atoms with Crippen LogP contribution >= 0.6 is 0 Å². The Labute approximate surface area is 83.8 Å². The zero-order chi connectivity index (χ0) is 10.4. The summed E-state index contributed by atoms with van der Waals surface area (Å²) >= 11 is 0. The number of aliphatic imine (C=N–C) groups is 1. The quantitative estimate of drug-likeness (QED) is 0.426. The summed E-state index contributed by atoms with van der Waals surface area (Å²) in [5.41, 5.74) is 2.97. The van der Waals surface area contributed by atoms with Gasteiger partial charge < -0.3 is 0 Å². The Hall–Kier alpha value is -1.39. The van der Waals surface area contributed by atoms with Crippen molar-refractivity contribution in [2.24, 2.45) is 4.99 Å². The first-order valence-corrected chi connectivity index (χ1v) is 4.38. The van der Waals surface area contributed by atoms with E-state index in [1.807, 2.05) is 49.3 Å². The summed E-state index contributed by atoms with van der Waals surface area (Å²) in [4.78, 5) is 6.11. The molecule has 76 valence electrons. The van der Waals surface area contributed by atoms with Crippen molar-refractivity contribution in [2.75, 3.05) is 20.8 Å². The maximum atomic E-state index is 8.89. The molecule has 0 atom stereocenters. The van der Waals surface area contributed by atoms with E-state index in [1.54, 1.807) is 0 Å². The molecule has 0 radical (unpaired) electrons. The number of hydrogen-bond acceptors (Lipinski definition) is 3. The second-order valence-electron chi connectivity index (χ2n) is 3.21. The van der Waals surface area contributed by atoms with Crippen LogP contribution in [-0.2, 0) is 0 Å². The van der Waals surface area contributed by atoms with Gasteiger partial charge in [-0.2, -0.15) is 0 Å². The fourth-order valence-corrected chi connectivity index (χ4v) is 0.999. The molecule has 1 aromatic rings. The molecule has 0 spiro atoms. The Bertz CT molecular complexity index is 295. The average molecular weight is 193 g/mol. The molecule has 0 amide bonds. The minimum absolute atomic E-state index is 0.485. The average Bonchev–Trinajstić information content (AvgIpc) is 2.20. The Morgan fingerprint density at radius 2 is 2.00 bits per heavy atom. The number of nitrogens with one attached hydrogen (secondary N) is 1. The van der Waals surface area contributed by atoms with Crippen molar-refractivity contribution in [1.29, 1.82) is 0 Å². The van der Waals surface area contributed by atoms with Crippen LogP contribution in [-0.4, -0.2) is 36.7 Å². The molecule has 4 heteroatoms. The topological polar surface area (TPSA) is 47.9 Å². The van der Waals surface area contributed by atoms with Crippen molar-refractivity contribution in [3.63, 3.8) is 0 Å². The molecule has 0 aliphatic heterocycles. The molecule has 0 fully saturated rings. The predicted molar refractivity (Wildman–Crippen MR) is 56.5 cm³/mol. The fraction of sp³-hybridized carbons (Fsp3) is 0.300. The van der Waals surface area contributed by atoms with Gasteiger partial charge in [0.15, 0.2) is 5.84 Å². The Morgan fingerprint density at radius 3 is 2.50 bits per heavy atom. The predicted octanol–water partition coefficient (Wildman–Crippen LogP) is 0.931. The first kappa shape index (κ1) is 10.7.